The van der Waals surface area contributed by atoms with Crippen molar-refractivity contribution < 1.29 is 40.3 Å². The lowest BCUT2D eigenvalue weighted by Crippen LogP contribution is -2.43. The molecule has 3 N–H and O–H groups in total. The predicted molar refractivity (Wildman–Crippen MR) is 115 cm³/mol. The number of allylic oxidation sites excluding steroid dienone is 2. The number of ether oxygens (including phenoxy) is 1. The van der Waals surface area contributed by atoms with Crippen LogP contribution in [0.15, 0.2) is 47.0 Å². The van der Waals surface area contributed by atoms with E-state index in [1.54, 1.807) is 0 Å². The number of alkyl halides is 7. The number of hydrogen-bond donors (Lipinski definition) is 2. The molecule has 1 saturated carbocycles. The van der Waals surface area contributed by atoms with Crippen molar-refractivity contribution in [2.75, 3.05) is 7.05 Å². The van der Waals surface area contributed by atoms with Gasteiger partial charge in [-0.3, -0.25) is 9.79 Å². The molecule has 0 spiro atoms. The quantitative estimate of drug-likeness (QED) is 0.236. The summed E-state index contributed by atoms with van der Waals surface area (Å²) in [5, 5.41) is 24.8. The number of carbonyl (C=O) groups is 1. The van der Waals surface area contributed by atoms with Gasteiger partial charge in [0.15, 0.2) is 11.6 Å². The van der Waals surface area contributed by atoms with E-state index in [-0.39, 0.29) is 22.3 Å². The normalized spacial score (nSPS) is 15.8. The Balaban J connectivity index is 2.04. The second-order valence-electron chi connectivity index (χ2n) is 7.93. The maximum Gasteiger partial charge on any atom is 0.459 e. The maximum atomic E-state index is 13.8. The Morgan fingerprint density at radius 2 is 1.89 bits per heavy atom. The lowest BCUT2D eigenvalue weighted by molar-refractivity contribution is -0.266. The van der Waals surface area contributed by atoms with Crippen LogP contribution in [0.5, 0.6) is 0 Å². The number of nitriles is 2. The largest absolute Gasteiger partial charge is 0.459 e. The van der Waals surface area contributed by atoms with Gasteiger partial charge in [-0.25, -0.2) is 4.68 Å². The van der Waals surface area contributed by atoms with E-state index in [0.717, 1.165) is 19.4 Å². The Labute approximate surface area is 209 Å². The fourth-order valence-electron chi connectivity index (χ4n) is 3.20. The highest BCUT2D eigenvalue weighted by atomic mass is 19.4. The van der Waals surface area contributed by atoms with Crippen LogP contribution in [0, 0.1) is 22.7 Å². The molecule has 2 aromatic rings. The Kier molecular flexibility index (Phi) is 7.39. The van der Waals surface area contributed by atoms with Crippen LogP contribution in [-0.2, 0) is 4.74 Å². The zero-order valence-electron chi connectivity index (χ0n) is 19.2. The van der Waals surface area contributed by atoms with Crippen molar-refractivity contribution in [2.45, 2.75) is 37.1 Å². The number of nitrogens with one attached hydrogen (secondary N) is 1. The summed E-state index contributed by atoms with van der Waals surface area (Å²) in [5.74, 6) is -9.23. The first-order valence-electron chi connectivity index (χ1n) is 10.4. The number of aromatic nitrogens is 2. The number of amides is 1. The Morgan fingerprint density at radius 1 is 1.24 bits per heavy atom. The maximum absolute atomic E-state index is 13.8. The van der Waals surface area contributed by atoms with E-state index in [1.165, 1.54) is 18.2 Å². The fraction of sp³-hybridized carbons (Fsp3) is 0.318. The smallest absolute Gasteiger partial charge is 0.429 e. The van der Waals surface area contributed by atoms with Crippen LogP contribution >= 0.6 is 0 Å². The number of halogens is 7. The molecule has 1 aromatic heterocycles. The number of nitrogens with two attached hydrogens (primary N) is 1. The molecule has 0 radical (unpaired) electrons. The number of aliphatic imine (C=N–C) groups is 1. The van der Waals surface area contributed by atoms with E-state index in [0.29, 0.717) is 17.5 Å². The second kappa shape index (κ2) is 10.0. The van der Waals surface area contributed by atoms with Crippen LogP contribution in [0.4, 0.5) is 30.7 Å². The van der Waals surface area contributed by atoms with E-state index in [2.05, 4.69) is 20.1 Å². The van der Waals surface area contributed by atoms with E-state index < -0.39 is 47.4 Å². The molecule has 0 aliphatic heterocycles. The van der Waals surface area contributed by atoms with Crippen molar-refractivity contribution in [2.24, 2.45) is 10.7 Å². The number of nitrogens with zero attached hydrogens (tertiary/aromatic N) is 5. The first kappa shape index (κ1) is 28.0. The monoisotopic (exact) mass is 543 g/mol. The lowest BCUT2D eigenvalue weighted by Gasteiger charge is -2.23. The van der Waals surface area contributed by atoms with E-state index in [9.17, 15) is 46.1 Å². The van der Waals surface area contributed by atoms with Crippen molar-refractivity contribution in [1.82, 2.24) is 15.1 Å². The second-order valence-corrected chi connectivity index (χ2v) is 7.93. The molecule has 1 aliphatic rings. The highest BCUT2D eigenvalue weighted by molar-refractivity contribution is 6.00. The van der Waals surface area contributed by atoms with Gasteiger partial charge in [0.25, 0.3) is 5.91 Å². The zero-order chi connectivity index (χ0) is 28.5. The van der Waals surface area contributed by atoms with Gasteiger partial charge < -0.3 is 15.8 Å². The van der Waals surface area contributed by atoms with E-state index in [1.807, 2.05) is 12.1 Å². The average molecular weight is 543 g/mol. The van der Waals surface area contributed by atoms with Gasteiger partial charge in [0.2, 0.25) is 0 Å². The first-order chi connectivity index (χ1) is 17.7. The molecule has 38 heavy (non-hydrogen) atoms. The lowest BCUT2D eigenvalue weighted by atomic mass is 10.0. The van der Waals surface area contributed by atoms with Gasteiger partial charge in [-0.05, 0) is 30.5 Å². The van der Waals surface area contributed by atoms with E-state index >= 15 is 0 Å². The summed E-state index contributed by atoms with van der Waals surface area (Å²) < 4.78 is 96.5. The zero-order valence-corrected chi connectivity index (χ0v) is 19.2. The summed E-state index contributed by atoms with van der Waals surface area (Å²) in [6.45, 7) is -3.85. The van der Waals surface area contributed by atoms with Gasteiger partial charge in [0.1, 0.15) is 11.2 Å². The minimum atomic E-state index is -6.23. The van der Waals surface area contributed by atoms with Crippen molar-refractivity contribution in [3.63, 3.8) is 0 Å². The fourth-order valence-corrected chi connectivity index (χ4v) is 3.20. The topological polar surface area (TPSA) is 142 Å². The van der Waals surface area contributed by atoms with Crippen molar-refractivity contribution in [1.29, 1.82) is 10.5 Å². The number of carbonyl (C=O) groups excluding carboxylic acids is 1. The molecule has 9 nitrogen and oxygen atoms in total. The summed E-state index contributed by atoms with van der Waals surface area (Å²) in [5.41, 5.74) is 1.71. The van der Waals surface area contributed by atoms with Crippen LogP contribution in [0.3, 0.4) is 0 Å². The van der Waals surface area contributed by atoms with Gasteiger partial charge >= 0.3 is 18.7 Å². The van der Waals surface area contributed by atoms with Crippen molar-refractivity contribution in [3.8, 4) is 23.3 Å². The summed E-state index contributed by atoms with van der Waals surface area (Å²) in [6.07, 6.45) is -3.31. The van der Waals surface area contributed by atoms with Gasteiger partial charge in [0.05, 0.1) is 29.5 Å². The Bertz CT molecular complexity index is 1390. The molecule has 1 amide bonds. The Hall–Kier alpha value is -4.60. The molecule has 1 heterocycles. The minimum Gasteiger partial charge on any atom is -0.429 e. The third kappa shape index (κ3) is 5.39. The summed E-state index contributed by atoms with van der Waals surface area (Å²) in [7, 11) is 0.886. The molecular weight excluding hydrogens is 527 g/mol. The molecule has 1 aromatic carbocycles. The van der Waals surface area contributed by atoms with Gasteiger partial charge in [-0.2, -0.15) is 46.4 Å². The highest BCUT2D eigenvalue weighted by Crippen LogP contribution is 2.41. The summed E-state index contributed by atoms with van der Waals surface area (Å²) >= 11 is 0. The Morgan fingerprint density at radius 3 is 2.39 bits per heavy atom. The molecule has 1 fully saturated rings. The predicted octanol–water partition coefficient (Wildman–Crippen LogP) is 3.69. The third-order valence-corrected chi connectivity index (χ3v) is 5.40. The van der Waals surface area contributed by atoms with Crippen molar-refractivity contribution in [3.05, 3.63) is 53.2 Å². The van der Waals surface area contributed by atoms with Gasteiger partial charge in [-0.15, -0.1) is 0 Å². The number of hydrogen-bond acceptors (Lipinski definition) is 7. The van der Waals surface area contributed by atoms with Crippen LogP contribution in [0.1, 0.15) is 28.8 Å². The molecule has 0 atom stereocenters. The van der Waals surface area contributed by atoms with Crippen LogP contribution in [-0.4, -0.2) is 52.8 Å². The molecule has 0 bridgehead atoms. The van der Waals surface area contributed by atoms with E-state index in [4.69, 9.17) is 5.73 Å². The standard InChI is InChI=1S/C22H16F7N7O2/c1-33-17(15(38-19(23)24)16(32)21(25,26)22(27,28)29)36-9-13(8-34-36)11-2-3-12(7-30)14(6-11)18(37)35-20(10-31)4-5-20/h2-3,6,8-9,19H,4-5,32H2,1H3,(H,35,37). The molecule has 200 valence electrons. The minimum absolute atomic E-state index is 0.0408. The molecule has 1 aliphatic carbocycles. The molecular formula is C22H16F7N7O2. The van der Waals surface area contributed by atoms with Crippen molar-refractivity contribution >= 4 is 11.7 Å². The molecule has 0 unspecified atom stereocenters. The summed E-state index contributed by atoms with van der Waals surface area (Å²) in [6, 6.07) is 7.69. The number of rotatable bonds is 7. The van der Waals surface area contributed by atoms with Crippen LogP contribution in [0.2, 0.25) is 0 Å². The van der Waals surface area contributed by atoms with Crippen LogP contribution < -0.4 is 11.1 Å². The highest BCUT2D eigenvalue weighted by Gasteiger charge is 2.61. The average Bonchev–Trinajstić information content (AvgIpc) is 3.46. The first-order valence-corrected chi connectivity index (χ1v) is 10.4. The van der Waals surface area contributed by atoms with Gasteiger partial charge in [-0.1, -0.05) is 6.07 Å². The number of benzene rings is 1. The van der Waals surface area contributed by atoms with Gasteiger partial charge in [0, 0.05) is 18.8 Å². The third-order valence-electron chi connectivity index (χ3n) is 5.40. The van der Waals surface area contributed by atoms with Crippen LogP contribution in [0.25, 0.3) is 11.1 Å². The SMILES string of the molecule is CN=C(C(OC(F)F)=C(N)C(F)(F)C(F)(F)F)n1cc(-c2ccc(C#N)c(C(=O)NC3(C#N)CC3)c2)cn1. The molecule has 3 rings (SSSR count). The summed E-state index contributed by atoms with van der Waals surface area (Å²) in [4.78, 5) is 16.1. The molecule has 16 heteroatoms. The molecule has 0 saturated heterocycles.